The van der Waals surface area contributed by atoms with Crippen LogP contribution in [0.15, 0.2) is 42.5 Å². The number of benzene rings is 2. The molecule has 0 fully saturated rings. The summed E-state index contributed by atoms with van der Waals surface area (Å²) in [6.07, 6.45) is 1.19. The monoisotopic (exact) mass is 442 g/mol. The number of hydrogen-bond acceptors (Lipinski definition) is 0. The summed E-state index contributed by atoms with van der Waals surface area (Å²) in [4.78, 5) is 0.264. The molecular weight excluding hydrogens is 423 g/mol. The van der Waals surface area contributed by atoms with Crippen molar-refractivity contribution in [2.24, 2.45) is 0 Å². The number of hydrogen-bond donors (Lipinski definition) is 0. The Hall–Kier alpha value is -0.350. The van der Waals surface area contributed by atoms with Crippen LogP contribution in [0, 0.1) is 10.5 Å². The Kier molecular flexibility index (Phi) is 5.67. The number of halogens is 2. The summed E-state index contributed by atoms with van der Waals surface area (Å²) in [5, 5.41) is 0. The fourth-order valence-corrected chi connectivity index (χ4v) is 4.06. The molecule has 2 unspecified atom stereocenters. The molecule has 0 N–H and O–H groups in total. The van der Waals surface area contributed by atoms with Crippen molar-refractivity contribution < 1.29 is 0 Å². The normalized spacial score (nSPS) is 14.1. The van der Waals surface area contributed by atoms with Gasteiger partial charge in [-0.2, -0.15) is 0 Å². The van der Waals surface area contributed by atoms with E-state index in [0.717, 1.165) is 0 Å². The van der Waals surface area contributed by atoms with E-state index >= 15 is 0 Å². The van der Waals surface area contributed by atoms with Gasteiger partial charge in [0.25, 0.3) is 0 Å². The zero-order chi connectivity index (χ0) is 14.7. The first-order valence-electron chi connectivity index (χ1n) is 7.03. The number of rotatable bonds is 4. The van der Waals surface area contributed by atoms with E-state index in [-0.39, 0.29) is 4.83 Å². The van der Waals surface area contributed by atoms with Crippen molar-refractivity contribution in [1.29, 1.82) is 0 Å². The summed E-state index contributed by atoms with van der Waals surface area (Å²) in [7, 11) is 0. The molecule has 0 radical (unpaired) electrons. The Bertz CT molecular complexity index is 574. The third-order valence-electron chi connectivity index (χ3n) is 3.91. The first-order valence-corrected chi connectivity index (χ1v) is 9.03. The van der Waals surface area contributed by atoms with Gasteiger partial charge in [0, 0.05) is 3.57 Å². The minimum Gasteiger partial charge on any atom is -0.0786 e. The van der Waals surface area contributed by atoms with Crippen LogP contribution < -0.4 is 0 Å². The van der Waals surface area contributed by atoms with Crippen molar-refractivity contribution in [2.75, 3.05) is 0 Å². The Labute approximate surface area is 144 Å². The molecular formula is C18H20BrI. The topological polar surface area (TPSA) is 0 Å². The predicted molar refractivity (Wildman–Crippen MR) is 99.8 cm³/mol. The van der Waals surface area contributed by atoms with Gasteiger partial charge < -0.3 is 0 Å². The predicted octanol–water partition coefficient (Wildman–Crippen LogP) is 6.60. The zero-order valence-corrected chi connectivity index (χ0v) is 15.9. The molecule has 2 atom stereocenters. The fourth-order valence-electron chi connectivity index (χ4n) is 2.27. The van der Waals surface area contributed by atoms with Gasteiger partial charge in [-0.15, -0.1) is 0 Å². The van der Waals surface area contributed by atoms with Crippen molar-refractivity contribution in [3.8, 4) is 0 Å². The van der Waals surface area contributed by atoms with Gasteiger partial charge in [0.2, 0.25) is 0 Å². The van der Waals surface area contributed by atoms with E-state index in [1.165, 1.54) is 32.2 Å². The van der Waals surface area contributed by atoms with Gasteiger partial charge in [0.05, 0.1) is 4.83 Å². The Morgan fingerprint density at radius 3 is 2.25 bits per heavy atom. The van der Waals surface area contributed by atoms with Crippen LogP contribution in [0.4, 0.5) is 0 Å². The van der Waals surface area contributed by atoms with Crippen LogP contribution in [0.25, 0.3) is 0 Å². The lowest BCUT2D eigenvalue weighted by molar-refractivity contribution is 0.733. The summed E-state index contributed by atoms with van der Waals surface area (Å²) < 4.78 is 1.35. The van der Waals surface area contributed by atoms with Crippen LogP contribution in [0.2, 0.25) is 0 Å². The van der Waals surface area contributed by atoms with Crippen LogP contribution in [0.5, 0.6) is 0 Å². The standard InChI is InChI=1S/C18H20BrI/c1-4-12(2)14-8-10-15(11-9-14)17(19)16-7-5-6-13(3)18(16)20/h5-12,17H,4H2,1-3H3. The number of aryl methyl sites for hydroxylation is 1. The van der Waals surface area contributed by atoms with Gasteiger partial charge in [-0.05, 0) is 64.1 Å². The first-order chi connectivity index (χ1) is 9.54. The van der Waals surface area contributed by atoms with Gasteiger partial charge in [-0.3, -0.25) is 0 Å². The molecule has 0 aliphatic rings. The molecule has 0 nitrogen and oxygen atoms in total. The van der Waals surface area contributed by atoms with Crippen molar-refractivity contribution in [3.05, 3.63) is 68.3 Å². The van der Waals surface area contributed by atoms with E-state index < -0.39 is 0 Å². The smallest absolute Gasteiger partial charge is 0.0655 e. The summed E-state index contributed by atoms with van der Waals surface area (Å²) in [5.74, 6) is 0.636. The van der Waals surface area contributed by atoms with Crippen molar-refractivity contribution in [3.63, 3.8) is 0 Å². The van der Waals surface area contributed by atoms with Crippen molar-refractivity contribution in [1.82, 2.24) is 0 Å². The third-order valence-corrected chi connectivity index (χ3v) is 6.40. The maximum absolute atomic E-state index is 3.85. The molecule has 0 amide bonds. The van der Waals surface area contributed by atoms with Crippen LogP contribution in [0.3, 0.4) is 0 Å². The van der Waals surface area contributed by atoms with Gasteiger partial charge in [-0.25, -0.2) is 0 Å². The van der Waals surface area contributed by atoms with E-state index in [9.17, 15) is 0 Å². The van der Waals surface area contributed by atoms with Crippen molar-refractivity contribution >= 4 is 38.5 Å². The van der Waals surface area contributed by atoms with Crippen LogP contribution >= 0.6 is 38.5 Å². The van der Waals surface area contributed by atoms with Gasteiger partial charge in [-0.1, -0.05) is 72.2 Å². The zero-order valence-electron chi connectivity index (χ0n) is 12.2. The maximum Gasteiger partial charge on any atom is 0.0655 e. The Balaban J connectivity index is 2.29. The molecule has 0 heterocycles. The average Bonchev–Trinajstić information content (AvgIpc) is 2.48. The molecule has 0 spiro atoms. The quantitative estimate of drug-likeness (QED) is 0.369. The summed E-state index contributed by atoms with van der Waals surface area (Å²) in [6.45, 7) is 6.68. The highest BCUT2D eigenvalue weighted by Crippen LogP contribution is 2.35. The minimum absolute atomic E-state index is 0.264. The van der Waals surface area contributed by atoms with E-state index in [1.807, 2.05) is 0 Å². The molecule has 2 aromatic rings. The molecule has 0 aromatic heterocycles. The van der Waals surface area contributed by atoms with Gasteiger partial charge in [0.1, 0.15) is 0 Å². The highest BCUT2D eigenvalue weighted by atomic mass is 127. The minimum atomic E-state index is 0.264. The highest BCUT2D eigenvalue weighted by molar-refractivity contribution is 14.1. The summed E-state index contributed by atoms with van der Waals surface area (Å²) in [5.41, 5.74) is 5.43. The summed E-state index contributed by atoms with van der Waals surface area (Å²) in [6, 6.07) is 15.5. The van der Waals surface area contributed by atoms with E-state index in [1.54, 1.807) is 0 Å². The molecule has 106 valence electrons. The molecule has 0 aliphatic carbocycles. The molecule has 2 heteroatoms. The van der Waals surface area contributed by atoms with E-state index in [0.29, 0.717) is 5.92 Å². The maximum atomic E-state index is 3.85. The SMILES string of the molecule is CCC(C)c1ccc(C(Br)c2cccc(C)c2I)cc1. The molecule has 2 rings (SSSR count). The molecule has 0 saturated heterocycles. The first kappa shape index (κ1) is 16.0. The molecule has 2 aromatic carbocycles. The fraction of sp³-hybridized carbons (Fsp3) is 0.333. The van der Waals surface area contributed by atoms with Gasteiger partial charge >= 0.3 is 0 Å². The average molecular weight is 443 g/mol. The Morgan fingerprint density at radius 1 is 1.05 bits per heavy atom. The second kappa shape index (κ2) is 7.08. The highest BCUT2D eigenvalue weighted by Gasteiger charge is 2.14. The number of alkyl halides is 1. The molecule has 0 aliphatic heterocycles. The van der Waals surface area contributed by atoms with E-state index in [4.69, 9.17) is 0 Å². The van der Waals surface area contributed by atoms with Crippen LogP contribution in [0.1, 0.15) is 53.3 Å². The van der Waals surface area contributed by atoms with Gasteiger partial charge in [0.15, 0.2) is 0 Å². The molecule has 0 saturated carbocycles. The second-order valence-electron chi connectivity index (χ2n) is 5.32. The summed E-state index contributed by atoms with van der Waals surface area (Å²) >= 11 is 6.29. The van der Waals surface area contributed by atoms with Crippen LogP contribution in [-0.4, -0.2) is 0 Å². The molecule has 0 bridgehead atoms. The second-order valence-corrected chi connectivity index (χ2v) is 7.31. The van der Waals surface area contributed by atoms with E-state index in [2.05, 4.69) is 102 Å². The van der Waals surface area contributed by atoms with Crippen molar-refractivity contribution in [2.45, 2.75) is 37.9 Å². The third kappa shape index (κ3) is 3.45. The lowest BCUT2D eigenvalue weighted by Gasteiger charge is -2.16. The lowest BCUT2D eigenvalue weighted by Crippen LogP contribution is -1.98. The van der Waals surface area contributed by atoms with Crippen LogP contribution in [-0.2, 0) is 0 Å². The Morgan fingerprint density at radius 2 is 1.65 bits per heavy atom. The lowest BCUT2D eigenvalue weighted by atomic mass is 9.96. The molecule has 20 heavy (non-hydrogen) atoms. The largest absolute Gasteiger partial charge is 0.0786 e.